The highest BCUT2D eigenvalue weighted by molar-refractivity contribution is 14.1. The number of carbonyl (C=O) groups is 1. The Labute approximate surface area is 149 Å². The number of nitro benzene ring substituents is 1. The Morgan fingerprint density at radius 2 is 1.92 bits per heavy atom. The van der Waals surface area contributed by atoms with Crippen molar-refractivity contribution in [2.24, 2.45) is 5.10 Å². The Bertz CT molecular complexity index is 836. The zero-order valence-corrected chi connectivity index (χ0v) is 14.2. The van der Waals surface area contributed by atoms with Crippen LogP contribution < -0.4 is 14.9 Å². The van der Waals surface area contributed by atoms with Crippen molar-refractivity contribution in [2.75, 3.05) is 6.79 Å². The van der Waals surface area contributed by atoms with Gasteiger partial charge in [0.15, 0.2) is 11.5 Å². The summed E-state index contributed by atoms with van der Waals surface area (Å²) < 4.78 is 11.3. The maximum atomic E-state index is 11.9. The normalized spacial score (nSPS) is 12.4. The molecule has 1 N–H and O–H groups in total. The second kappa shape index (κ2) is 6.83. The summed E-state index contributed by atoms with van der Waals surface area (Å²) in [4.78, 5) is 22.5. The zero-order valence-electron chi connectivity index (χ0n) is 12.1. The molecule has 0 aliphatic carbocycles. The minimum Gasteiger partial charge on any atom is -0.454 e. The molecule has 0 saturated heterocycles. The van der Waals surface area contributed by atoms with Crippen LogP contribution in [-0.2, 0) is 0 Å². The first-order chi connectivity index (χ1) is 11.5. The largest absolute Gasteiger partial charge is 0.454 e. The van der Waals surface area contributed by atoms with E-state index in [1.165, 1.54) is 18.3 Å². The number of nitro groups is 1. The Morgan fingerprint density at radius 3 is 2.58 bits per heavy atom. The molecule has 0 saturated carbocycles. The third kappa shape index (κ3) is 3.45. The average Bonchev–Trinajstić information content (AvgIpc) is 3.01. The van der Waals surface area contributed by atoms with Crippen LogP contribution in [0, 0.1) is 13.7 Å². The Balaban J connectivity index is 1.78. The fraction of sp³-hybridized carbons (Fsp3) is 0.0667. The van der Waals surface area contributed by atoms with Gasteiger partial charge in [-0.1, -0.05) is 0 Å². The molecule has 1 amide bonds. The number of hydrogen-bond acceptors (Lipinski definition) is 6. The topological polar surface area (TPSA) is 103 Å². The molecule has 3 rings (SSSR count). The Morgan fingerprint density at radius 1 is 1.25 bits per heavy atom. The second-order valence-corrected chi connectivity index (χ2v) is 5.97. The van der Waals surface area contributed by atoms with Crippen LogP contribution in [0.15, 0.2) is 41.5 Å². The van der Waals surface area contributed by atoms with Crippen LogP contribution in [0.2, 0.25) is 0 Å². The molecule has 0 spiro atoms. The van der Waals surface area contributed by atoms with Gasteiger partial charge >= 0.3 is 0 Å². The molecule has 8 nitrogen and oxygen atoms in total. The summed E-state index contributed by atoms with van der Waals surface area (Å²) in [5.41, 5.74) is 2.78. The lowest BCUT2D eigenvalue weighted by atomic mass is 10.1. The zero-order chi connectivity index (χ0) is 17.1. The van der Waals surface area contributed by atoms with Crippen molar-refractivity contribution in [3.63, 3.8) is 0 Å². The smallest absolute Gasteiger partial charge is 0.282 e. The lowest BCUT2D eigenvalue weighted by Crippen LogP contribution is -2.17. The first-order valence-electron chi connectivity index (χ1n) is 6.71. The predicted molar refractivity (Wildman–Crippen MR) is 93.4 cm³/mol. The highest BCUT2D eigenvalue weighted by Crippen LogP contribution is 2.37. The standard InChI is InChI=1S/C15H10IN3O5/c16-11-3-1-9(2-4-11)15(20)18-17-7-10-5-13-14(24-8-23-13)6-12(10)19(21)22/h1-7H,8H2,(H,18,20). The number of benzene rings is 2. The van der Waals surface area contributed by atoms with Crippen molar-refractivity contribution in [1.82, 2.24) is 5.43 Å². The third-order valence-corrected chi connectivity index (χ3v) is 3.91. The molecule has 0 fully saturated rings. The van der Waals surface area contributed by atoms with Gasteiger partial charge in [-0.2, -0.15) is 5.10 Å². The number of halogens is 1. The van der Waals surface area contributed by atoms with Gasteiger partial charge in [0.25, 0.3) is 11.6 Å². The van der Waals surface area contributed by atoms with Crippen LogP contribution in [-0.4, -0.2) is 23.8 Å². The molecule has 24 heavy (non-hydrogen) atoms. The molecule has 0 radical (unpaired) electrons. The summed E-state index contributed by atoms with van der Waals surface area (Å²) in [5.74, 6) is 0.291. The monoisotopic (exact) mass is 439 g/mol. The SMILES string of the molecule is O=C(NN=Cc1cc2c(cc1[N+](=O)[O-])OCO2)c1ccc(I)cc1. The van der Waals surface area contributed by atoms with E-state index < -0.39 is 10.8 Å². The molecule has 1 aliphatic rings. The first kappa shape index (κ1) is 16.2. The van der Waals surface area contributed by atoms with E-state index in [0.29, 0.717) is 17.1 Å². The quantitative estimate of drug-likeness (QED) is 0.342. The van der Waals surface area contributed by atoms with E-state index in [4.69, 9.17) is 9.47 Å². The molecule has 2 aromatic rings. The van der Waals surface area contributed by atoms with E-state index in [9.17, 15) is 14.9 Å². The van der Waals surface area contributed by atoms with Gasteiger partial charge in [-0.3, -0.25) is 14.9 Å². The molecule has 2 aromatic carbocycles. The van der Waals surface area contributed by atoms with Crippen molar-refractivity contribution >= 4 is 40.4 Å². The summed E-state index contributed by atoms with van der Waals surface area (Å²) >= 11 is 2.13. The highest BCUT2D eigenvalue weighted by atomic mass is 127. The molecular formula is C15H10IN3O5. The van der Waals surface area contributed by atoms with Crippen LogP contribution in [0.4, 0.5) is 5.69 Å². The van der Waals surface area contributed by atoms with Gasteiger partial charge in [0, 0.05) is 9.13 Å². The van der Waals surface area contributed by atoms with Gasteiger partial charge in [0.05, 0.1) is 22.8 Å². The van der Waals surface area contributed by atoms with Crippen molar-refractivity contribution in [1.29, 1.82) is 0 Å². The lowest BCUT2D eigenvalue weighted by Gasteiger charge is -2.02. The maximum Gasteiger partial charge on any atom is 0.282 e. The van der Waals surface area contributed by atoms with E-state index in [1.54, 1.807) is 24.3 Å². The number of fused-ring (bicyclic) bond motifs is 1. The molecule has 1 aliphatic heterocycles. The van der Waals surface area contributed by atoms with Crippen molar-refractivity contribution in [3.05, 3.63) is 61.2 Å². The molecule has 0 unspecified atom stereocenters. The number of rotatable bonds is 4. The summed E-state index contributed by atoms with van der Waals surface area (Å²) in [6, 6.07) is 9.63. The fourth-order valence-corrected chi connectivity index (χ4v) is 2.39. The molecule has 0 bridgehead atoms. The fourth-order valence-electron chi connectivity index (χ4n) is 2.03. The number of nitrogens with one attached hydrogen (secondary N) is 1. The number of hydrogen-bond donors (Lipinski definition) is 1. The van der Waals surface area contributed by atoms with Crippen LogP contribution in [0.5, 0.6) is 11.5 Å². The minimum atomic E-state index is -0.551. The van der Waals surface area contributed by atoms with Gasteiger partial charge in [0.1, 0.15) is 0 Å². The van der Waals surface area contributed by atoms with E-state index in [-0.39, 0.29) is 18.0 Å². The van der Waals surface area contributed by atoms with E-state index >= 15 is 0 Å². The lowest BCUT2D eigenvalue weighted by molar-refractivity contribution is -0.385. The van der Waals surface area contributed by atoms with Crippen molar-refractivity contribution in [3.8, 4) is 11.5 Å². The van der Waals surface area contributed by atoms with E-state index in [1.807, 2.05) is 0 Å². The highest BCUT2D eigenvalue weighted by Gasteiger charge is 2.22. The summed E-state index contributed by atoms with van der Waals surface area (Å²) in [6.07, 6.45) is 1.20. The number of carbonyl (C=O) groups excluding carboxylic acids is 1. The van der Waals surface area contributed by atoms with Gasteiger partial charge in [-0.25, -0.2) is 5.43 Å². The number of nitrogens with zero attached hydrogens (tertiary/aromatic N) is 2. The molecule has 0 atom stereocenters. The molecule has 1 heterocycles. The molecule has 122 valence electrons. The van der Waals surface area contributed by atoms with Crippen LogP contribution in [0.1, 0.15) is 15.9 Å². The van der Waals surface area contributed by atoms with E-state index in [2.05, 4.69) is 33.1 Å². The number of ether oxygens (including phenoxy) is 2. The van der Waals surface area contributed by atoms with Gasteiger partial charge in [-0.05, 0) is 52.9 Å². The van der Waals surface area contributed by atoms with Crippen LogP contribution in [0.3, 0.4) is 0 Å². The molecule has 0 aromatic heterocycles. The number of amides is 1. The van der Waals surface area contributed by atoms with E-state index in [0.717, 1.165) is 3.57 Å². The average molecular weight is 439 g/mol. The first-order valence-corrected chi connectivity index (χ1v) is 7.79. The maximum absolute atomic E-state index is 11.9. The molecule has 9 heteroatoms. The minimum absolute atomic E-state index is 0.0105. The van der Waals surface area contributed by atoms with Gasteiger partial charge in [0.2, 0.25) is 6.79 Å². The van der Waals surface area contributed by atoms with Crippen molar-refractivity contribution < 1.29 is 19.2 Å². The van der Waals surface area contributed by atoms with Crippen LogP contribution >= 0.6 is 22.6 Å². The van der Waals surface area contributed by atoms with Crippen LogP contribution in [0.25, 0.3) is 0 Å². The predicted octanol–water partition coefficient (Wildman–Crippen LogP) is 2.69. The summed E-state index contributed by atoms with van der Waals surface area (Å²) in [6.45, 7) is 0.0105. The Hall–Kier alpha value is -2.69. The third-order valence-electron chi connectivity index (χ3n) is 3.19. The summed E-state index contributed by atoms with van der Waals surface area (Å²) in [7, 11) is 0. The van der Waals surface area contributed by atoms with Gasteiger partial charge in [-0.15, -0.1) is 0 Å². The van der Waals surface area contributed by atoms with Gasteiger partial charge < -0.3 is 9.47 Å². The molecular weight excluding hydrogens is 429 g/mol. The second-order valence-electron chi connectivity index (χ2n) is 4.73. The number of hydrazone groups is 1. The Kier molecular flexibility index (Phi) is 4.60. The van der Waals surface area contributed by atoms with Crippen molar-refractivity contribution in [2.45, 2.75) is 0 Å². The summed E-state index contributed by atoms with van der Waals surface area (Å²) in [5, 5.41) is 14.9.